The van der Waals surface area contributed by atoms with Gasteiger partial charge in [-0.1, -0.05) is 51.1 Å². The third-order valence-corrected chi connectivity index (χ3v) is 11.2. The van der Waals surface area contributed by atoms with Gasteiger partial charge in [-0.25, -0.2) is 0 Å². The normalized spacial score (nSPS) is 23.7. The van der Waals surface area contributed by atoms with E-state index in [4.69, 9.17) is 13.9 Å². The Balaban J connectivity index is 2.21. The van der Waals surface area contributed by atoms with Gasteiger partial charge in [-0.15, -0.1) is 0 Å². The van der Waals surface area contributed by atoms with Crippen molar-refractivity contribution in [2.75, 3.05) is 13.2 Å². The highest BCUT2D eigenvalue weighted by atomic mass is 32.2. The van der Waals surface area contributed by atoms with Crippen molar-refractivity contribution in [3.63, 3.8) is 0 Å². The van der Waals surface area contributed by atoms with Crippen LogP contribution in [-0.4, -0.2) is 53.8 Å². The maximum Gasteiger partial charge on any atom is 0.523 e. The zero-order chi connectivity index (χ0) is 23.5. The van der Waals surface area contributed by atoms with Gasteiger partial charge >= 0.3 is 15.6 Å². The van der Waals surface area contributed by atoms with E-state index >= 15 is 0 Å². The van der Waals surface area contributed by atoms with E-state index in [9.17, 15) is 21.6 Å². The summed E-state index contributed by atoms with van der Waals surface area (Å²) >= 11 is 0. The highest BCUT2D eigenvalue weighted by Crippen LogP contribution is 2.39. The monoisotopic (exact) mass is 484 g/mol. The molecule has 0 saturated carbocycles. The second-order valence-electron chi connectivity index (χ2n) is 9.06. The van der Waals surface area contributed by atoms with Gasteiger partial charge in [-0.05, 0) is 30.1 Å². The standard InChI is InChI=1S/C20H31F3O6SSi/c1-19(2,3)31(4,5)29-18-16(27-13-15-9-7-6-8-10-15)11-12-26-17(18)14-28-30(24,25)20(21,22)23/h6-10,16-18H,11-14H2,1-5H3/t16-,17+,18-/m0/s1. The molecule has 1 aliphatic heterocycles. The Morgan fingerprint density at radius 3 is 2.29 bits per heavy atom. The average Bonchev–Trinajstić information content (AvgIpc) is 2.65. The Morgan fingerprint density at radius 1 is 1.13 bits per heavy atom. The summed E-state index contributed by atoms with van der Waals surface area (Å²) < 4.78 is 83.2. The summed E-state index contributed by atoms with van der Waals surface area (Å²) in [7, 11) is -8.11. The highest BCUT2D eigenvalue weighted by Gasteiger charge is 2.49. The van der Waals surface area contributed by atoms with Gasteiger partial charge in [0.05, 0.1) is 25.4 Å². The van der Waals surface area contributed by atoms with Gasteiger partial charge in [0.1, 0.15) is 6.10 Å². The molecule has 0 amide bonds. The molecule has 178 valence electrons. The summed E-state index contributed by atoms with van der Waals surface area (Å²) in [5.74, 6) is 0. The number of benzene rings is 1. The summed E-state index contributed by atoms with van der Waals surface area (Å²) in [4.78, 5) is 0. The van der Waals surface area contributed by atoms with Crippen LogP contribution in [0.2, 0.25) is 18.1 Å². The number of rotatable bonds is 8. The Bertz CT molecular complexity index is 808. The van der Waals surface area contributed by atoms with Gasteiger partial charge < -0.3 is 13.9 Å². The van der Waals surface area contributed by atoms with Gasteiger partial charge in [0.15, 0.2) is 8.32 Å². The van der Waals surface area contributed by atoms with Gasteiger partial charge in [0.2, 0.25) is 0 Å². The summed E-state index contributed by atoms with van der Waals surface area (Å²) in [5, 5.41) is -0.183. The van der Waals surface area contributed by atoms with Crippen molar-refractivity contribution in [2.24, 2.45) is 0 Å². The maximum absolute atomic E-state index is 12.7. The molecule has 0 bridgehead atoms. The predicted molar refractivity (Wildman–Crippen MR) is 112 cm³/mol. The first kappa shape index (κ1) is 26.3. The van der Waals surface area contributed by atoms with E-state index in [-0.39, 0.29) is 18.3 Å². The van der Waals surface area contributed by atoms with Crippen molar-refractivity contribution in [1.29, 1.82) is 0 Å². The molecule has 1 aromatic carbocycles. The lowest BCUT2D eigenvalue weighted by molar-refractivity contribution is -0.161. The van der Waals surface area contributed by atoms with Crippen molar-refractivity contribution in [3.05, 3.63) is 35.9 Å². The fourth-order valence-electron chi connectivity index (χ4n) is 2.82. The van der Waals surface area contributed by atoms with Crippen LogP contribution in [0.1, 0.15) is 32.8 Å². The van der Waals surface area contributed by atoms with Crippen LogP contribution in [0.5, 0.6) is 0 Å². The molecule has 1 saturated heterocycles. The van der Waals surface area contributed by atoms with E-state index in [1.807, 2.05) is 64.2 Å². The van der Waals surface area contributed by atoms with Crippen LogP contribution in [-0.2, 0) is 34.8 Å². The van der Waals surface area contributed by atoms with Gasteiger partial charge in [0.25, 0.3) is 0 Å². The van der Waals surface area contributed by atoms with Crippen LogP contribution in [0.4, 0.5) is 13.2 Å². The van der Waals surface area contributed by atoms with E-state index in [1.54, 1.807) is 0 Å². The van der Waals surface area contributed by atoms with Crippen molar-refractivity contribution in [3.8, 4) is 0 Å². The zero-order valence-corrected chi connectivity index (χ0v) is 20.3. The summed E-state index contributed by atoms with van der Waals surface area (Å²) in [6, 6.07) is 9.45. The van der Waals surface area contributed by atoms with Crippen LogP contribution in [0.25, 0.3) is 0 Å². The van der Waals surface area contributed by atoms with Crippen LogP contribution in [0.15, 0.2) is 30.3 Å². The molecule has 0 spiro atoms. The first-order chi connectivity index (χ1) is 14.1. The van der Waals surface area contributed by atoms with Crippen LogP contribution < -0.4 is 0 Å². The molecule has 1 heterocycles. The second-order valence-corrected chi connectivity index (χ2v) is 15.4. The Hall–Kier alpha value is -0.983. The third-order valence-electron chi connectivity index (χ3n) is 5.68. The molecule has 1 fully saturated rings. The van der Waals surface area contributed by atoms with Gasteiger partial charge in [-0.2, -0.15) is 21.6 Å². The fraction of sp³-hybridized carbons (Fsp3) is 0.700. The lowest BCUT2D eigenvalue weighted by Gasteiger charge is -2.45. The van der Waals surface area contributed by atoms with E-state index in [1.165, 1.54) is 0 Å². The topological polar surface area (TPSA) is 71.1 Å². The fourth-order valence-corrected chi connectivity index (χ4v) is 4.61. The molecule has 2 rings (SSSR count). The molecule has 0 aliphatic carbocycles. The molecule has 0 aromatic heterocycles. The molecule has 6 nitrogen and oxygen atoms in total. The number of halogens is 3. The van der Waals surface area contributed by atoms with Crippen LogP contribution >= 0.6 is 0 Å². The van der Waals surface area contributed by atoms with Gasteiger partial charge in [-0.3, -0.25) is 4.18 Å². The molecular formula is C20H31F3O6SSi. The summed E-state index contributed by atoms with van der Waals surface area (Å²) in [6.07, 6.45) is -1.79. The van der Waals surface area contributed by atoms with E-state index in [2.05, 4.69) is 4.18 Å². The highest BCUT2D eigenvalue weighted by molar-refractivity contribution is 7.87. The third kappa shape index (κ3) is 7.00. The van der Waals surface area contributed by atoms with E-state index in [0.29, 0.717) is 6.42 Å². The maximum atomic E-state index is 12.7. The number of hydrogen-bond acceptors (Lipinski definition) is 6. The molecule has 31 heavy (non-hydrogen) atoms. The Kier molecular flexibility index (Phi) is 8.37. The molecule has 0 unspecified atom stereocenters. The van der Waals surface area contributed by atoms with E-state index in [0.717, 1.165) is 5.56 Å². The minimum atomic E-state index is -5.73. The zero-order valence-electron chi connectivity index (χ0n) is 18.4. The second kappa shape index (κ2) is 9.88. The number of hydrogen-bond donors (Lipinski definition) is 0. The molecule has 3 atom stereocenters. The molecule has 11 heteroatoms. The van der Waals surface area contributed by atoms with Crippen LogP contribution in [0.3, 0.4) is 0 Å². The smallest absolute Gasteiger partial charge is 0.409 e. The number of ether oxygens (including phenoxy) is 2. The minimum absolute atomic E-state index is 0.183. The lowest BCUT2D eigenvalue weighted by atomic mass is 10.0. The van der Waals surface area contributed by atoms with E-state index < -0.39 is 48.9 Å². The molecular weight excluding hydrogens is 453 g/mol. The molecule has 1 aromatic rings. The predicted octanol–water partition coefficient (Wildman–Crippen LogP) is 4.62. The average molecular weight is 485 g/mol. The quantitative estimate of drug-likeness (QED) is 0.305. The first-order valence-corrected chi connectivity index (χ1v) is 14.4. The summed E-state index contributed by atoms with van der Waals surface area (Å²) in [5.41, 5.74) is -4.56. The van der Waals surface area contributed by atoms with Crippen molar-refractivity contribution < 1.29 is 39.7 Å². The summed E-state index contributed by atoms with van der Waals surface area (Å²) in [6.45, 7) is 9.77. The largest absolute Gasteiger partial charge is 0.523 e. The molecule has 0 radical (unpaired) electrons. The van der Waals surface area contributed by atoms with Crippen molar-refractivity contribution in [2.45, 2.75) is 75.8 Å². The van der Waals surface area contributed by atoms with Crippen molar-refractivity contribution >= 4 is 18.4 Å². The molecule has 1 aliphatic rings. The minimum Gasteiger partial charge on any atom is -0.409 e. The Morgan fingerprint density at radius 2 is 1.74 bits per heavy atom. The van der Waals surface area contributed by atoms with Gasteiger partial charge in [0, 0.05) is 6.61 Å². The molecule has 0 N–H and O–H groups in total. The first-order valence-electron chi connectivity index (χ1n) is 10.0. The van der Waals surface area contributed by atoms with Crippen molar-refractivity contribution in [1.82, 2.24) is 0 Å². The number of alkyl halides is 3. The lowest BCUT2D eigenvalue weighted by Crippen LogP contribution is -2.56. The van der Waals surface area contributed by atoms with Crippen LogP contribution in [0, 0.1) is 0 Å². The SMILES string of the molecule is CC(C)(C)[Si](C)(C)O[C@H]1[C@@H](OCc2ccccc2)CCO[C@@H]1COS(=O)(=O)C(F)(F)F. The Labute approximate surface area is 183 Å².